The average Bonchev–Trinajstić information content (AvgIpc) is 2.03. The molecule has 1 aromatic heterocycles. The van der Waals surface area contributed by atoms with Gasteiger partial charge in [0, 0.05) is 6.20 Å². The second-order valence-electron chi connectivity index (χ2n) is 2.33. The van der Waals surface area contributed by atoms with Crippen molar-refractivity contribution >= 4 is 21.9 Å². The molecule has 0 amide bonds. The van der Waals surface area contributed by atoms with E-state index in [0.717, 1.165) is 5.56 Å². The fraction of sp³-hybridized carbons (Fsp3) is 0.250. The Kier molecular flexibility index (Phi) is 2.81. The predicted molar refractivity (Wildman–Crippen MR) is 48.0 cm³/mol. The molecule has 0 aliphatic rings. The Balaban J connectivity index is 3.09. The molecule has 64 valence electrons. The molecule has 0 bridgehead atoms. The monoisotopic (exact) mass is 229 g/mol. The Bertz CT molecular complexity index is 312. The van der Waals surface area contributed by atoms with E-state index in [-0.39, 0.29) is 0 Å². The minimum absolute atomic E-state index is 0.308. The van der Waals surface area contributed by atoms with Gasteiger partial charge in [0.2, 0.25) is 0 Å². The lowest BCUT2D eigenvalue weighted by atomic mass is 10.3. The van der Waals surface area contributed by atoms with Crippen LogP contribution in [0.15, 0.2) is 16.7 Å². The number of carbonyl (C=O) groups excluding carboxylic acids is 1. The zero-order chi connectivity index (χ0) is 9.14. The summed E-state index contributed by atoms with van der Waals surface area (Å²) in [5.74, 6) is -0.429. The van der Waals surface area contributed by atoms with E-state index in [1.807, 2.05) is 13.0 Å². The van der Waals surface area contributed by atoms with Crippen molar-refractivity contribution < 1.29 is 9.53 Å². The molecule has 0 radical (unpaired) electrons. The molecular weight excluding hydrogens is 222 g/mol. The maximum Gasteiger partial charge on any atom is 0.357 e. The number of esters is 1. The normalized spacial score (nSPS) is 9.58. The minimum atomic E-state index is -0.429. The fourth-order valence-corrected chi connectivity index (χ4v) is 1.41. The number of aromatic nitrogens is 1. The largest absolute Gasteiger partial charge is 0.464 e. The Hall–Kier alpha value is -0.900. The van der Waals surface area contributed by atoms with Crippen molar-refractivity contribution in [3.05, 3.63) is 28.0 Å². The van der Waals surface area contributed by atoms with Crippen LogP contribution in [0.5, 0.6) is 0 Å². The smallest absolute Gasteiger partial charge is 0.357 e. The van der Waals surface area contributed by atoms with Crippen molar-refractivity contribution in [1.82, 2.24) is 4.98 Å². The van der Waals surface area contributed by atoms with Gasteiger partial charge in [-0.25, -0.2) is 9.78 Å². The number of carbonyl (C=O) groups is 1. The van der Waals surface area contributed by atoms with E-state index in [2.05, 4.69) is 25.7 Å². The molecule has 0 aliphatic carbocycles. The molecule has 1 heterocycles. The van der Waals surface area contributed by atoms with Crippen molar-refractivity contribution in [3.63, 3.8) is 0 Å². The summed E-state index contributed by atoms with van der Waals surface area (Å²) in [6.45, 7) is 1.90. The van der Waals surface area contributed by atoms with Crippen LogP contribution in [-0.2, 0) is 4.74 Å². The van der Waals surface area contributed by atoms with Crippen LogP contribution >= 0.6 is 15.9 Å². The molecule has 0 N–H and O–H groups in total. The van der Waals surface area contributed by atoms with E-state index in [1.165, 1.54) is 7.11 Å². The van der Waals surface area contributed by atoms with Gasteiger partial charge in [-0.3, -0.25) is 0 Å². The highest BCUT2D eigenvalue weighted by Crippen LogP contribution is 2.16. The molecule has 0 unspecified atom stereocenters. The quantitative estimate of drug-likeness (QED) is 0.692. The Morgan fingerprint density at radius 3 is 2.83 bits per heavy atom. The first-order chi connectivity index (χ1) is 5.65. The van der Waals surface area contributed by atoms with Gasteiger partial charge in [-0.1, -0.05) is 0 Å². The fourth-order valence-electron chi connectivity index (χ4n) is 0.780. The van der Waals surface area contributed by atoms with Gasteiger partial charge in [0.15, 0.2) is 5.69 Å². The molecule has 0 spiro atoms. The molecule has 1 aromatic rings. The number of methoxy groups -OCH3 is 1. The molecule has 0 aromatic carbocycles. The first-order valence-electron chi connectivity index (χ1n) is 3.35. The lowest BCUT2D eigenvalue weighted by Gasteiger charge is -2.01. The number of pyridine rings is 1. The van der Waals surface area contributed by atoms with Crippen molar-refractivity contribution in [2.45, 2.75) is 6.92 Å². The summed E-state index contributed by atoms with van der Waals surface area (Å²) in [7, 11) is 1.33. The number of ether oxygens (including phenoxy) is 1. The highest BCUT2D eigenvalue weighted by Gasteiger charge is 2.10. The second-order valence-corrected chi connectivity index (χ2v) is 3.19. The van der Waals surface area contributed by atoms with E-state index < -0.39 is 5.97 Å². The summed E-state index contributed by atoms with van der Waals surface area (Å²) in [5.41, 5.74) is 1.30. The molecule has 0 saturated carbocycles. The van der Waals surface area contributed by atoms with Crippen molar-refractivity contribution in [3.8, 4) is 0 Å². The van der Waals surface area contributed by atoms with Crippen LogP contribution in [0.3, 0.4) is 0 Å². The first-order valence-corrected chi connectivity index (χ1v) is 4.15. The molecular formula is C8H8BrNO2. The number of halogens is 1. The zero-order valence-electron chi connectivity index (χ0n) is 6.80. The second kappa shape index (κ2) is 3.67. The SMILES string of the molecule is COC(=O)c1ncc(C)cc1Br. The van der Waals surface area contributed by atoms with Crippen LogP contribution in [0, 0.1) is 6.92 Å². The van der Waals surface area contributed by atoms with Gasteiger partial charge in [-0.05, 0) is 34.5 Å². The van der Waals surface area contributed by atoms with Crippen LogP contribution in [0.25, 0.3) is 0 Å². The molecule has 3 nitrogen and oxygen atoms in total. The summed E-state index contributed by atoms with van der Waals surface area (Å²) in [5, 5.41) is 0. The van der Waals surface area contributed by atoms with Gasteiger partial charge in [-0.2, -0.15) is 0 Å². The highest BCUT2D eigenvalue weighted by molar-refractivity contribution is 9.10. The molecule has 12 heavy (non-hydrogen) atoms. The van der Waals surface area contributed by atoms with Crippen molar-refractivity contribution in [2.75, 3.05) is 7.11 Å². The average molecular weight is 230 g/mol. The van der Waals surface area contributed by atoms with E-state index in [9.17, 15) is 4.79 Å². The van der Waals surface area contributed by atoms with Crippen LogP contribution in [-0.4, -0.2) is 18.1 Å². The highest BCUT2D eigenvalue weighted by atomic mass is 79.9. The van der Waals surface area contributed by atoms with E-state index in [0.29, 0.717) is 10.2 Å². The van der Waals surface area contributed by atoms with E-state index in [4.69, 9.17) is 0 Å². The van der Waals surface area contributed by atoms with Gasteiger partial charge in [0.25, 0.3) is 0 Å². The number of hydrogen-bond donors (Lipinski definition) is 0. The topological polar surface area (TPSA) is 39.2 Å². The van der Waals surface area contributed by atoms with Gasteiger partial charge in [0.1, 0.15) is 0 Å². The van der Waals surface area contributed by atoms with Gasteiger partial charge in [0.05, 0.1) is 11.6 Å². The van der Waals surface area contributed by atoms with Gasteiger partial charge < -0.3 is 4.74 Å². The van der Waals surface area contributed by atoms with E-state index >= 15 is 0 Å². The standard InChI is InChI=1S/C8H8BrNO2/c1-5-3-6(9)7(10-4-5)8(11)12-2/h3-4H,1-2H3. The maximum atomic E-state index is 11.0. The summed E-state index contributed by atoms with van der Waals surface area (Å²) in [6, 6.07) is 1.82. The summed E-state index contributed by atoms with van der Waals surface area (Å²) in [4.78, 5) is 15.0. The zero-order valence-corrected chi connectivity index (χ0v) is 8.38. The molecule has 0 fully saturated rings. The number of rotatable bonds is 1. The maximum absolute atomic E-state index is 11.0. The summed E-state index contributed by atoms with van der Waals surface area (Å²) < 4.78 is 5.19. The first kappa shape index (κ1) is 9.19. The number of nitrogens with zero attached hydrogens (tertiary/aromatic N) is 1. The minimum Gasteiger partial charge on any atom is -0.464 e. The predicted octanol–water partition coefficient (Wildman–Crippen LogP) is 1.94. The van der Waals surface area contributed by atoms with Crippen LogP contribution in [0.1, 0.15) is 16.1 Å². The Morgan fingerprint density at radius 1 is 1.67 bits per heavy atom. The third kappa shape index (κ3) is 1.82. The molecule has 0 saturated heterocycles. The van der Waals surface area contributed by atoms with Crippen LogP contribution in [0.2, 0.25) is 0 Å². The third-order valence-corrected chi connectivity index (χ3v) is 1.96. The Morgan fingerprint density at radius 2 is 2.33 bits per heavy atom. The van der Waals surface area contributed by atoms with Gasteiger partial charge in [-0.15, -0.1) is 0 Å². The Labute approximate surface area is 78.9 Å². The van der Waals surface area contributed by atoms with E-state index in [1.54, 1.807) is 6.20 Å². The van der Waals surface area contributed by atoms with Crippen molar-refractivity contribution in [2.24, 2.45) is 0 Å². The van der Waals surface area contributed by atoms with Gasteiger partial charge >= 0.3 is 5.97 Å². The van der Waals surface area contributed by atoms with Crippen LogP contribution < -0.4 is 0 Å². The lowest BCUT2D eigenvalue weighted by molar-refractivity contribution is 0.0593. The summed E-state index contributed by atoms with van der Waals surface area (Å²) >= 11 is 3.23. The summed E-state index contributed by atoms with van der Waals surface area (Å²) in [6.07, 6.45) is 1.62. The van der Waals surface area contributed by atoms with Crippen molar-refractivity contribution in [1.29, 1.82) is 0 Å². The molecule has 4 heteroatoms. The number of aryl methyl sites for hydroxylation is 1. The molecule has 0 aliphatic heterocycles. The molecule has 0 atom stereocenters. The van der Waals surface area contributed by atoms with Crippen LogP contribution in [0.4, 0.5) is 0 Å². The third-order valence-electron chi connectivity index (χ3n) is 1.36. The lowest BCUT2D eigenvalue weighted by Crippen LogP contribution is -2.05. The number of hydrogen-bond acceptors (Lipinski definition) is 3. The molecule has 1 rings (SSSR count).